The molecule has 0 unspecified atom stereocenters. The molecule has 0 radical (unpaired) electrons. The normalized spacial score (nSPS) is 10.8. The molecule has 0 atom stereocenters. The highest BCUT2D eigenvalue weighted by Gasteiger charge is 2.16. The van der Waals surface area contributed by atoms with Crippen LogP contribution in [0.15, 0.2) is 99.0 Å². The van der Waals surface area contributed by atoms with E-state index in [2.05, 4.69) is 47.7 Å². The van der Waals surface area contributed by atoms with Crippen LogP contribution in [0.25, 0.3) is 0 Å². The van der Waals surface area contributed by atoms with Gasteiger partial charge in [-0.25, -0.2) is 10.2 Å². The number of carbonyl (C=O) groups excluding carboxylic acids is 3. The third-order valence-electron chi connectivity index (χ3n) is 5.55. The first-order valence-corrected chi connectivity index (χ1v) is 13.4. The minimum Gasteiger partial charge on any atom is -0.421 e. The molecule has 2 N–H and O–H groups in total. The number of nitrogens with zero attached hydrogens (tertiary/aromatic N) is 1. The number of rotatable bonds is 7. The maximum Gasteiger partial charge on any atom is 0.343 e. The van der Waals surface area contributed by atoms with Crippen LogP contribution in [0.4, 0.5) is 5.69 Å². The molecule has 0 aliphatic rings. The van der Waals surface area contributed by atoms with Gasteiger partial charge in [0.05, 0.1) is 16.3 Å². The van der Waals surface area contributed by atoms with E-state index in [0.29, 0.717) is 36.9 Å². The number of carbonyl (C=O) groups is 3. The zero-order valence-corrected chi connectivity index (χ0v) is 24.2. The van der Waals surface area contributed by atoms with Gasteiger partial charge in [0.15, 0.2) is 5.75 Å². The van der Waals surface area contributed by atoms with Crippen molar-refractivity contribution in [2.45, 2.75) is 13.8 Å². The van der Waals surface area contributed by atoms with Crippen LogP contribution in [0, 0.1) is 13.8 Å². The van der Waals surface area contributed by atoms with E-state index in [1.54, 1.807) is 60.7 Å². The Hall–Kier alpha value is -4.08. The highest BCUT2D eigenvalue weighted by atomic mass is 79.9. The monoisotopic (exact) mass is 647 g/mol. The predicted octanol–water partition coefficient (Wildman–Crippen LogP) is 7.06. The number of anilines is 1. The van der Waals surface area contributed by atoms with Crippen LogP contribution < -0.4 is 15.5 Å². The Morgan fingerprint density at radius 3 is 2.18 bits per heavy atom. The van der Waals surface area contributed by atoms with Crippen LogP contribution in [0.1, 0.15) is 47.8 Å². The van der Waals surface area contributed by atoms with E-state index in [4.69, 9.17) is 4.74 Å². The molecule has 9 heteroatoms. The van der Waals surface area contributed by atoms with E-state index >= 15 is 0 Å². The molecule has 39 heavy (non-hydrogen) atoms. The Bertz CT molecular complexity index is 1580. The van der Waals surface area contributed by atoms with Crippen molar-refractivity contribution in [2.24, 2.45) is 5.10 Å². The molecule has 2 amide bonds. The first-order chi connectivity index (χ1) is 18.7. The number of hydrazone groups is 1. The third kappa shape index (κ3) is 7.49. The van der Waals surface area contributed by atoms with Crippen molar-refractivity contribution in [1.82, 2.24) is 5.43 Å². The molecule has 0 bridgehead atoms. The number of nitrogens with one attached hydrogen (secondary N) is 2. The van der Waals surface area contributed by atoms with E-state index in [9.17, 15) is 14.4 Å². The SMILES string of the molecule is Cc1ccc(C(=O)Oc2c(Br)cc(Br)cc2C=NNC(=O)c2cccc(NC(=O)c3cccc(C)c3)c2)cc1. The van der Waals surface area contributed by atoms with Crippen LogP contribution in [0.5, 0.6) is 5.75 Å². The van der Waals surface area contributed by atoms with Crippen molar-refractivity contribution in [2.75, 3.05) is 5.32 Å². The summed E-state index contributed by atoms with van der Waals surface area (Å²) in [5.41, 5.74) is 6.62. The number of amides is 2. The lowest BCUT2D eigenvalue weighted by Gasteiger charge is -2.11. The van der Waals surface area contributed by atoms with Gasteiger partial charge in [0, 0.05) is 26.9 Å². The second kappa shape index (κ2) is 12.6. The molecule has 0 aromatic heterocycles. The van der Waals surface area contributed by atoms with E-state index in [1.165, 1.54) is 6.21 Å². The largest absolute Gasteiger partial charge is 0.421 e. The van der Waals surface area contributed by atoms with Crippen molar-refractivity contribution in [1.29, 1.82) is 0 Å². The molecule has 0 aliphatic carbocycles. The minimum absolute atomic E-state index is 0.252. The molecule has 4 aromatic carbocycles. The summed E-state index contributed by atoms with van der Waals surface area (Å²) < 4.78 is 6.89. The topological polar surface area (TPSA) is 96.9 Å². The number of esters is 1. The fourth-order valence-electron chi connectivity index (χ4n) is 3.58. The molecule has 196 valence electrons. The first-order valence-electron chi connectivity index (χ1n) is 11.8. The number of aryl methyl sites for hydroxylation is 2. The van der Waals surface area contributed by atoms with Crippen molar-refractivity contribution >= 4 is 61.5 Å². The molecule has 0 heterocycles. The van der Waals surface area contributed by atoms with Gasteiger partial charge in [-0.15, -0.1) is 0 Å². The summed E-state index contributed by atoms with van der Waals surface area (Å²) >= 11 is 6.84. The standard InChI is InChI=1S/C30H23Br2N3O4/c1-18-9-11-20(12-10-18)30(38)39-27-23(14-24(31)16-26(27)32)17-33-35-29(37)22-7-4-8-25(15-22)34-28(36)21-6-3-5-19(2)13-21/h3-17H,1-2H3,(H,34,36)(H,35,37). The van der Waals surface area contributed by atoms with Gasteiger partial charge in [-0.1, -0.05) is 57.4 Å². The fourth-order valence-corrected chi connectivity index (χ4v) is 4.92. The molecular weight excluding hydrogens is 626 g/mol. The molecule has 0 aliphatic heterocycles. The van der Waals surface area contributed by atoms with E-state index < -0.39 is 11.9 Å². The van der Waals surface area contributed by atoms with Crippen LogP contribution in [-0.2, 0) is 0 Å². The molecule has 0 saturated carbocycles. The summed E-state index contributed by atoms with van der Waals surface area (Å²) in [6.45, 7) is 3.84. The highest BCUT2D eigenvalue weighted by molar-refractivity contribution is 9.11. The van der Waals surface area contributed by atoms with Crippen molar-refractivity contribution in [3.05, 3.63) is 127 Å². The van der Waals surface area contributed by atoms with Crippen LogP contribution in [0.3, 0.4) is 0 Å². The average molecular weight is 649 g/mol. The van der Waals surface area contributed by atoms with Gasteiger partial charge >= 0.3 is 5.97 Å². The lowest BCUT2D eigenvalue weighted by molar-refractivity contribution is 0.0732. The second-order valence-electron chi connectivity index (χ2n) is 8.67. The number of benzene rings is 4. The van der Waals surface area contributed by atoms with Crippen molar-refractivity contribution < 1.29 is 19.1 Å². The highest BCUT2D eigenvalue weighted by Crippen LogP contribution is 2.32. The molecule has 7 nitrogen and oxygen atoms in total. The summed E-state index contributed by atoms with van der Waals surface area (Å²) in [6, 6.07) is 24.2. The quantitative estimate of drug-likeness (QED) is 0.0970. The Morgan fingerprint density at radius 1 is 0.769 bits per heavy atom. The lowest BCUT2D eigenvalue weighted by atomic mass is 10.1. The van der Waals surface area contributed by atoms with Gasteiger partial charge in [-0.2, -0.15) is 5.10 Å². The first kappa shape index (κ1) is 27.9. The number of hydrogen-bond donors (Lipinski definition) is 2. The van der Waals surface area contributed by atoms with Gasteiger partial charge in [0.2, 0.25) is 0 Å². The summed E-state index contributed by atoms with van der Waals surface area (Å²) in [7, 11) is 0. The van der Waals surface area contributed by atoms with Crippen LogP contribution in [0.2, 0.25) is 0 Å². The Labute approximate surface area is 242 Å². The maximum absolute atomic E-state index is 12.8. The van der Waals surface area contributed by atoms with Gasteiger partial charge < -0.3 is 10.1 Å². The molecule has 4 aromatic rings. The Kier molecular flexibility index (Phi) is 9.06. The fraction of sp³-hybridized carbons (Fsp3) is 0.0667. The Balaban J connectivity index is 1.46. The van der Waals surface area contributed by atoms with Crippen LogP contribution >= 0.6 is 31.9 Å². The predicted molar refractivity (Wildman–Crippen MR) is 159 cm³/mol. The number of hydrogen-bond acceptors (Lipinski definition) is 5. The second-order valence-corrected chi connectivity index (χ2v) is 10.4. The zero-order valence-electron chi connectivity index (χ0n) is 21.0. The van der Waals surface area contributed by atoms with Crippen LogP contribution in [-0.4, -0.2) is 24.0 Å². The van der Waals surface area contributed by atoms with Gasteiger partial charge in [-0.3, -0.25) is 9.59 Å². The number of ether oxygens (including phenoxy) is 1. The van der Waals surface area contributed by atoms with Crippen molar-refractivity contribution in [3.8, 4) is 5.75 Å². The number of halogens is 2. The smallest absolute Gasteiger partial charge is 0.343 e. The van der Waals surface area contributed by atoms with E-state index in [-0.39, 0.29) is 11.7 Å². The van der Waals surface area contributed by atoms with E-state index in [0.717, 1.165) is 11.1 Å². The zero-order chi connectivity index (χ0) is 27.9. The van der Waals surface area contributed by atoms with E-state index in [1.807, 2.05) is 38.1 Å². The van der Waals surface area contributed by atoms with Crippen molar-refractivity contribution in [3.63, 3.8) is 0 Å². The molecule has 0 saturated heterocycles. The molecule has 0 fully saturated rings. The molecular formula is C30H23Br2N3O4. The molecule has 4 rings (SSSR count). The summed E-state index contributed by atoms with van der Waals surface area (Å²) in [5.74, 6) is -1.03. The maximum atomic E-state index is 12.8. The third-order valence-corrected chi connectivity index (χ3v) is 6.60. The van der Waals surface area contributed by atoms with Gasteiger partial charge in [0.1, 0.15) is 0 Å². The summed E-state index contributed by atoms with van der Waals surface area (Å²) in [5, 5.41) is 6.86. The minimum atomic E-state index is -0.527. The molecule has 0 spiro atoms. The summed E-state index contributed by atoms with van der Waals surface area (Å²) in [6.07, 6.45) is 1.38. The van der Waals surface area contributed by atoms with Gasteiger partial charge in [-0.05, 0) is 84.4 Å². The Morgan fingerprint density at radius 2 is 1.46 bits per heavy atom. The lowest BCUT2D eigenvalue weighted by Crippen LogP contribution is -2.18. The summed E-state index contributed by atoms with van der Waals surface area (Å²) in [4.78, 5) is 38.0. The average Bonchev–Trinajstić information content (AvgIpc) is 2.91. The van der Waals surface area contributed by atoms with Gasteiger partial charge in [0.25, 0.3) is 11.8 Å².